The van der Waals surface area contributed by atoms with Gasteiger partial charge in [0.25, 0.3) is 0 Å². The first kappa shape index (κ1) is 13.6. The van der Waals surface area contributed by atoms with Crippen molar-refractivity contribution < 1.29 is 9.84 Å². The van der Waals surface area contributed by atoms with E-state index in [1.54, 1.807) is 6.92 Å². The van der Waals surface area contributed by atoms with Gasteiger partial charge in [-0.25, -0.2) is 0 Å². The largest absolute Gasteiger partial charge is 0.489 e. The molecule has 2 nitrogen and oxygen atoms in total. The summed E-state index contributed by atoms with van der Waals surface area (Å²) in [6, 6.07) is 14.0. The molecule has 0 aliphatic carbocycles. The minimum Gasteiger partial charge on any atom is -0.489 e. The van der Waals surface area contributed by atoms with E-state index >= 15 is 0 Å². The van der Waals surface area contributed by atoms with Crippen molar-refractivity contribution in [1.29, 1.82) is 0 Å². The SMILES string of the molecule is Cc1cc(C)cc(COc2cccc([C@H](C)O)c2)c1. The zero-order valence-corrected chi connectivity index (χ0v) is 11.7. The van der Waals surface area contributed by atoms with Gasteiger partial charge in [0, 0.05) is 0 Å². The molecule has 2 aromatic rings. The summed E-state index contributed by atoms with van der Waals surface area (Å²) in [6.45, 7) is 6.48. The summed E-state index contributed by atoms with van der Waals surface area (Å²) in [5, 5.41) is 9.55. The van der Waals surface area contributed by atoms with Crippen molar-refractivity contribution >= 4 is 0 Å². The average molecular weight is 256 g/mol. The van der Waals surface area contributed by atoms with Gasteiger partial charge in [0.2, 0.25) is 0 Å². The molecule has 2 heteroatoms. The summed E-state index contributed by atoms with van der Waals surface area (Å²) in [7, 11) is 0. The molecule has 0 saturated heterocycles. The van der Waals surface area contributed by atoms with Gasteiger partial charge >= 0.3 is 0 Å². The quantitative estimate of drug-likeness (QED) is 0.898. The molecule has 1 atom stereocenters. The van der Waals surface area contributed by atoms with Crippen molar-refractivity contribution in [3.8, 4) is 5.75 Å². The van der Waals surface area contributed by atoms with E-state index < -0.39 is 6.10 Å². The lowest BCUT2D eigenvalue weighted by atomic mass is 10.1. The van der Waals surface area contributed by atoms with Crippen LogP contribution >= 0.6 is 0 Å². The van der Waals surface area contributed by atoms with E-state index in [2.05, 4.69) is 32.0 Å². The van der Waals surface area contributed by atoms with E-state index in [1.165, 1.54) is 16.7 Å². The Kier molecular flexibility index (Phi) is 4.23. The minimum atomic E-state index is -0.468. The maximum atomic E-state index is 9.55. The third kappa shape index (κ3) is 3.83. The number of aryl methyl sites for hydroxylation is 2. The molecule has 0 saturated carbocycles. The second-order valence-corrected chi connectivity index (χ2v) is 5.03. The zero-order chi connectivity index (χ0) is 13.8. The van der Waals surface area contributed by atoms with Crippen LogP contribution in [0.15, 0.2) is 42.5 Å². The lowest BCUT2D eigenvalue weighted by Crippen LogP contribution is -1.98. The number of ether oxygens (including phenoxy) is 1. The molecule has 2 aromatic carbocycles. The first-order chi connectivity index (χ1) is 9.04. The lowest BCUT2D eigenvalue weighted by molar-refractivity contribution is 0.198. The van der Waals surface area contributed by atoms with E-state index in [-0.39, 0.29) is 0 Å². The minimum absolute atomic E-state index is 0.468. The maximum absolute atomic E-state index is 9.55. The standard InChI is InChI=1S/C17H20O2/c1-12-7-13(2)9-15(8-12)11-19-17-6-4-5-16(10-17)14(3)18/h4-10,14,18H,11H2,1-3H3/t14-/m0/s1. The van der Waals surface area contributed by atoms with Gasteiger partial charge < -0.3 is 9.84 Å². The van der Waals surface area contributed by atoms with Gasteiger partial charge in [-0.2, -0.15) is 0 Å². The van der Waals surface area contributed by atoms with Crippen LogP contribution in [0.4, 0.5) is 0 Å². The van der Waals surface area contributed by atoms with Crippen LogP contribution in [0, 0.1) is 13.8 Å². The lowest BCUT2D eigenvalue weighted by Gasteiger charge is -2.10. The van der Waals surface area contributed by atoms with E-state index in [0.29, 0.717) is 6.61 Å². The fraction of sp³-hybridized carbons (Fsp3) is 0.294. The number of aliphatic hydroxyl groups excluding tert-OH is 1. The molecule has 0 spiro atoms. The molecule has 0 heterocycles. The number of rotatable bonds is 4. The average Bonchev–Trinajstić information content (AvgIpc) is 2.35. The molecule has 0 aliphatic rings. The number of benzene rings is 2. The number of hydrogen-bond acceptors (Lipinski definition) is 2. The Bertz CT molecular complexity index is 539. The molecule has 0 radical (unpaired) electrons. The monoisotopic (exact) mass is 256 g/mol. The van der Waals surface area contributed by atoms with Gasteiger partial charge in [-0.1, -0.05) is 41.5 Å². The molecular weight excluding hydrogens is 236 g/mol. The molecule has 1 N–H and O–H groups in total. The van der Waals surface area contributed by atoms with Crippen molar-refractivity contribution in [3.05, 3.63) is 64.7 Å². The molecule has 0 amide bonds. The van der Waals surface area contributed by atoms with E-state index in [4.69, 9.17) is 4.74 Å². The highest BCUT2D eigenvalue weighted by molar-refractivity contribution is 5.31. The maximum Gasteiger partial charge on any atom is 0.120 e. The third-order valence-electron chi connectivity index (χ3n) is 3.03. The van der Waals surface area contributed by atoms with Crippen LogP contribution < -0.4 is 4.74 Å². The van der Waals surface area contributed by atoms with Crippen LogP contribution in [0.2, 0.25) is 0 Å². The fourth-order valence-corrected chi connectivity index (χ4v) is 2.18. The Morgan fingerprint density at radius 2 is 1.74 bits per heavy atom. The second-order valence-electron chi connectivity index (χ2n) is 5.03. The topological polar surface area (TPSA) is 29.5 Å². The normalized spacial score (nSPS) is 12.2. The Labute approximate surface area is 114 Å². The predicted molar refractivity (Wildman–Crippen MR) is 77.3 cm³/mol. The first-order valence-corrected chi connectivity index (χ1v) is 6.52. The Morgan fingerprint density at radius 3 is 2.37 bits per heavy atom. The summed E-state index contributed by atoms with van der Waals surface area (Å²) in [5.41, 5.74) is 4.53. The van der Waals surface area contributed by atoms with Crippen LogP contribution in [-0.4, -0.2) is 5.11 Å². The molecule has 2 rings (SSSR count). The van der Waals surface area contributed by atoms with Crippen LogP contribution in [0.25, 0.3) is 0 Å². The highest BCUT2D eigenvalue weighted by atomic mass is 16.5. The summed E-state index contributed by atoms with van der Waals surface area (Å²) >= 11 is 0. The van der Waals surface area contributed by atoms with Crippen LogP contribution in [-0.2, 0) is 6.61 Å². The predicted octanol–water partition coefficient (Wildman–Crippen LogP) is 3.94. The van der Waals surface area contributed by atoms with Crippen molar-refractivity contribution in [2.75, 3.05) is 0 Å². The van der Waals surface area contributed by atoms with Crippen molar-refractivity contribution in [2.45, 2.75) is 33.5 Å². The van der Waals surface area contributed by atoms with Crippen molar-refractivity contribution in [1.82, 2.24) is 0 Å². The Balaban J connectivity index is 2.07. The van der Waals surface area contributed by atoms with Gasteiger partial charge in [-0.15, -0.1) is 0 Å². The zero-order valence-electron chi connectivity index (χ0n) is 11.7. The van der Waals surface area contributed by atoms with E-state index in [9.17, 15) is 5.11 Å². The van der Waals surface area contributed by atoms with Crippen molar-refractivity contribution in [2.24, 2.45) is 0 Å². The molecule has 0 bridgehead atoms. The van der Waals surface area contributed by atoms with Crippen LogP contribution in [0.1, 0.15) is 35.3 Å². The van der Waals surface area contributed by atoms with Gasteiger partial charge in [0.1, 0.15) is 12.4 Å². The molecule has 19 heavy (non-hydrogen) atoms. The molecular formula is C17H20O2. The number of aliphatic hydroxyl groups is 1. The van der Waals surface area contributed by atoms with Crippen LogP contribution in [0.5, 0.6) is 5.75 Å². The van der Waals surface area contributed by atoms with Crippen molar-refractivity contribution in [3.63, 3.8) is 0 Å². The smallest absolute Gasteiger partial charge is 0.120 e. The summed E-state index contributed by atoms with van der Waals surface area (Å²) in [6.07, 6.45) is -0.468. The summed E-state index contributed by atoms with van der Waals surface area (Å²) < 4.78 is 5.78. The second kappa shape index (κ2) is 5.89. The van der Waals surface area contributed by atoms with E-state index in [0.717, 1.165) is 11.3 Å². The molecule has 0 aliphatic heterocycles. The summed E-state index contributed by atoms with van der Waals surface area (Å²) in [5.74, 6) is 0.789. The molecule has 0 aromatic heterocycles. The highest BCUT2D eigenvalue weighted by Crippen LogP contribution is 2.20. The van der Waals surface area contributed by atoms with Gasteiger partial charge in [0.05, 0.1) is 6.10 Å². The summed E-state index contributed by atoms with van der Waals surface area (Å²) in [4.78, 5) is 0. The molecule has 0 fully saturated rings. The highest BCUT2D eigenvalue weighted by Gasteiger charge is 2.03. The van der Waals surface area contributed by atoms with Gasteiger partial charge in [-0.05, 0) is 44.0 Å². The fourth-order valence-electron chi connectivity index (χ4n) is 2.18. The number of hydrogen-bond donors (Lipinski definition) is 1. The van der Waals surface area contributed by atoms with Gasteiger partial charge in [-0.3, -0.25) is 0 Å². The first-order valence-electron chi connectivity index (χ1n) is 6.52. The van der Waals surface area contributed by atoms with E-state index in [1.807, 2.05) is 24.3 Å². The molecule has 0 unspecified atom stereocenters. The Hall–Kier alpha value is -1.80. The molecule has 100 valence electrons. The van der Waals surface area contributed by atoms with Crippen LogP contribution in [0.3, 0.4) is 0 Å². The Morgan fingerprint density at radius 1 is 1.05 bits per heavy atom. The third-order valence-corrected chi connectivity index (χ3v) is 3.03. The van der Waals surface area contributed by atoms with Gasteiger partial charge in [0.15, 0.2) is 0 Å².